The van der Waals surface area contributed by atoms with Crippen LogP contribution in [0.2, 0.25) is 0 Å². The van der Waals surface area contributed by atoms with Gasteiger partial charge >= 0.3 is 0 Å². The fourth-order valence-corrected chi connectivity index (χ4v) is 6.95. The third-order valence-electron chi connectivity index (χ3n) is 8.49. The highest BCUT2D eigenvalue weighted by atomic mass is 32.2. The molecule has 5 nitrogen and oxygen atoms in total. The fraction of sp³-hybridized carbons (Fsp3) is 0.581. The number of carbonyl (C=O) groups excluding carboxylic acids is 1. The van der Waals surface area contributed by atoms with Gasteiger partial charge in [-0.3, -0.25) is 4.79 Å². The summed E-state index contributed by atoms with van der Waals surface area (Å²) < 4.78 is 23.8. The van der Waals surface area contributed by atoms with E-state index in [9.17, 15) is 13.2 Å². The Morgan fingerprint density at radius 2 is 1.54 bits per heavy atom. The molecule has 6 heteroatoms. The molecule has 1 atom stereocenters. The van der Waals surface area contributed by atoms with Crippen molar-refractivity contribution >= 4 is 15.7 Å². The summed E-state index contributed by atoms with van der Waals surface area (Å²) in [4.78, 5) is 18.2. The molecule has 37 heavy (non-hydrogen) atoms. The summed E-state index contributed by atoms with van der Waals surface area (Å²) in [5.41, 5.74) is 2.41. The van der Waals surface area contributed by atoms with E-state index in [0.29, 0.717) is 22.8 Å². The van der Waals surface area contributed by atoms with Crippen LogP contribution in [-0.2, 0) is 14.6 Å². The number of carbonyl (C=O) groups is 1. The van der Waals surface area contributed by atoms with E-state index in [1.54, 1.807) is 12.1 Å². The van der Waals surface area contributed by atoms with Crippen molar-refractivity contribution in [3.8, 4) is 0 Å². The van der Waals surface area contributed by atoms with Gasteiger partial charge in [0, 0.05) is 44.3 Å². The van der Waals surface area contributed by atoms with Crippen LogP contribution in [0.4, 0.5) is 0 Å². The maximum absolute atomic E-state index is 13.1. The van der Waals surface area contributed by atoms with Crippen LogP contribution in [-0.4, -0.2) is 62.6 Å². The van der Waals surface area contributed by atoms with E-state index < -0.39 is 9.84 Å². The van der Waals surface area contributed by atoms with Crippen molar-refractivity contribution in [1.29, 1.82) is 0 Å². The Morgan fingerprint density at radius 3 is 2.14 bits per heavy atom. The summed E-state index contributed by atoms with van der Waals surface area (Å²) in [5, 5.41) is 0. The molecule has 2 aromatic rings. The Hall–Kier alpha value is -2.18. The van der Waals surface area contributed by atoms with Gasteiger partial charge in [-0.1, -0.05) is 61.7 Å². The van der Waals surface area contributed by atoms with Crippen molar-refractivity contribution in [3.05, 3.63) is 65.7 Å². The summed E-state index contributed by atoms with van der Waals surface area (Å²) in [6.45, 7) is 5.97. The SMILES string of the molecule is CCN(C(=O)CC1CCCCC1)C1CCN(CC[C@@H](c2ccccc2)c2ccc(S(C)(=O)=O)cc2)CC1. The zero-order valence-corrected chi connectivity index (χ0v) is 23.5. The Labute approximate surface area is 224 Å². The molecule has 202 valence electrons. The maximum Gasteiger partial charge on any atom is 0.223 e. The van der Waals surface area contributed by atoms with Gasteiger partial charge in [-0.15, -0.1) is 0 Å². The molecular weight excluding hydrogens is 480 g/mol. The molecule has 2 fully saturated rings. The monoisotopic (exact) mass is 524 g/mol. The van der Waals surface area contributed by atoms with E-state index in [1.165, 1.54) is 43.9 Å². The molecule has 1 amide bonds. The van der Waals surface area contributed by atoms with Crippen LogP contribution in [0.1, 0.15) is 81.8 Å². The van der Waals surface area contributed by atoms with Crippen molar-refractivity contribution in [1.82, 2.24) is 9.80 Å². The lowest BCUT2D eigenvalue weighted by Crippen LogP contribution is -2.48. The number of benzene rings is 2. The molecule has 1 aliphatic carbocycles. The molecule has 0 aromatic heterocycles. The van der Waals surface area contributed by atoms with Gasteiger partial charge in [0.2, 0.25) is 5.91 Å². The molecule has 0 radical (unpaired) electrons. The van der Waals surface area contributed by atoms with Crippen LogP contribution < -0.4 is 0 Å². The lowest BCUT2D eigenvalue weighted by Gasteiger charge is -2.39. The van der Waals surface area contributed by atoms with Gasteiger partial charge in [-0.2, -0.15) is 0 Å². The molecular formula is C31H44N2O3S. The smallest absolute Gasteiger partial charge is 0.223 e. The van der Waals surface area contributed by atoms with Crippen LogP contribution in [0.25, 0.3) is 0 Å². The predicted molar refractivity (Wildman–Crippen MR) is 150 cm³/mol. The first-order chi connectivity index (χ1) is 17.8. The minimum Gasteiger partial charge on any atom is -0.340 e. The average molecular weight is 525 g/mol. The van der Waals surface area contributed by atoms with E-state index in [0.717, 1.165) is 57.4 Å². The number of piperidine rings is 1. The zero-order chi connectivity index (χ0) is 26.3. The fourth-order valence-electron chi connectivity index (χ4n) is 6.32. The van der Waals surface area contributed by atoms with Gasteiger partial charge in [0.1, 0.15) is 0 Å². The highest BCUT2D eigenvalue weighted by Gasteiger charge is 2.29. The number of sulfone groups is 1. The van der Waals surface area contributed by atoms with E-state index in [1.807, 2.05) is 18.2 Å². The number of hydrogen-bond donors (Lipinski definition) is 0. The predicted octanol–water partition coefficient (Wildman–Crippen LogP) is 5.90. The number of rotatable bonds is 10. The first kappa shape index (κ1) is 27.8. The third kappa shape index (κ3) is 7.67. The zero-order valence-electron chi connectivity index (χ0n) is 22.6. The molecule has 0 unspecified atom stereocenters. The second kappa shape index (κ2) is 13.1. The first-order valence-corrected chi connectivity index (χ1v) is 16.1. The molecule has 2 aromatic carbocycles. The van der Waals surface area contributed by atoms with E-state index in [4.69, 9.17) is 0 Å². The normalized spacial score (nSPS) is 19.0. The largest absolute Gasteiger partial charge is 0.340 e. The molecule has 0 spiro atoms. The third-order valence-corrected chi connectivity index (χ3v) is 9.62. The summed E-state index contributed by atoms with van der Waals surface area (Å²) in [7, 11) is -3.20. The number of likely N-dealkylation sites (tertiary alicyclic amines) is 1. The number of amides is 1. The maximum atomic E-state index is 13.1. The minimum atomic E-state index is -3.20. The van der Waals surface area contributed by atoms with Gasteiger partial charge < -0.3 is 9.80 Å². The average Bonchev–Trinajstić information content (AvgIpc) is 2.91. The highest BCUT2D eigenvalue weighted by molar-refractivity contribution is 7.90. The summed E-state index contributed by atoms with van der Waals surface area (Å²) in [5.74, 6) is 1.18. The van der Waals surface area contributed by atoms with Crippen molar-refractivity contribution in [2.75, 3.05) is 32.4 Å². The second-order valence-corrected chi connectivity index (χ2v) is 13.1. The van der Waals surface area contributed by atoms with Crippen molar-refractivity contribution in [3.63, 3.8) is 0 Å². The molecule has 0 bridgehead atoms. The summed E-state index contributed by atoms with van der Waals surface area (Å²) >= 11 is 0. The minimum absolute atomic E-state index is 0.219. The lowest BCUT2D eigenvalue weighted by molar-refractivity contribution is -0.135. The summed E-state index contributed by atoms with van der Waals surface area (Å²) in [6.07, 6.45) is 11.4. The second-order valence-electron chi connectivity index (χ2n) is 11.1. The van der Waals surface area contributed by atoms with Crippen LogP contribution >= 0.6 is 0 Å². The summed E-state index contributed by atoms with van der Waals surface area (Å²) in [6, 6.07) is 18.3. The van der Waals surface area contributed by atoms with Crippen LogP contribution in [0, 0.1) is 5.92 Å². The van der Waals surface area contributed by atoms with Crippen LogP contribution in [0.15, 0.2) is 59.5 Å². The van der Waals surface area contributed by atoms with Gasteiger partial charge in [0.05, 0.1) is 4.90 Å². The highest BCUT2D eigenvalue weighted by Crippen LogP contribution is 2.31. The van der Waals surface area contributed by atoms with Gasteiger partial charge in [0.25, 0.3) is 0 Å². The Kier molecular flexibility index (Phi) is 9.83. The topological polar surface area (TPSA) is 57.7 Å². The van der Waals surface area contributed by atoms with Gasteiger partial charge in [-0.05, 0) is 74.8 Å². The Bertz CT molecular complexity index is 1090. The van der Waals surface area contributed by atoms with Gasteiger partial charge in [0.15, 0.2) is 9.84 Å². The lowest BCUT2D eigenvalue weighted by atomic mass is 9.86. The van der Waals surface area contributed by atoms with Crippen molar-refractivity contribution in [2.24, 2.45) is 5.92 Å². The standard InChI is InChI=1S/C31H44N2O3S/c1-3-33(31(34)24-25-10-6-4-7-11-25)28-18-21-32(22-19-28)23-20-30(26-12-8-5-9-13-26)27-14-16-29(17-15-27)37(2,35)36/h5,8-9,12-17,25,28,30H,3-4,6-7,10-11,18-24H2,1-2H3/t30-/m0/s1. The molecule has 4 rings (SSSR count). The Balaban J connectivity index is 1.34. The quantitative estimate of drug-likeness (QED) is 0.389. The molecule has 2 aliphatic rings. The molecule has 0 N–H and O–H groups in total. The van der Waals surface area contributed by atoms with Crippen LogP contribution in [0.5, 0.6) is 0 Å². The number of nitrogens with zero attached hydrogens (tertiary/aromatic N) is 2. The molecule has 1 aliphatic heterocycles. The van der Waals surface area contributed by atoms with Gasteiger partial charge in [-0.25, -0.2) is 8.42 Å². The molecule has 1 saturated carbocycles. The van der Waals surface area contributed by atoms with E-state index >= 15 is 0 Å². The van der Waals surface area contributed by atoms with Crippen LogP contribution in [0.3, 0.4) is 0 Å². The van der Waals surface area contributed by atoms with Crippen molar-refractivity contribution < 1.29 is 13.2 Å². The van der Waals surface area contributed by atoms with Crippen molar-refractivity contribution in [2.45, 2.75) is 81.6 Å². The van der Waals surface area contributed by atoms with E-state index in [2.05, 4.69) is 41.0 Å². The molecule has 1 heterocycles. The Morgan fingerprint density at radius 1 is 0.919 bits per heavy atom. The first-order valence-electron chi connectivity index (χ1n) is 14.2. The number of hydrogen-bond acceptors (Lipinski definition) is 4. The molecule has 1 saturated heterocycles. The van der Waals surface area contributed by atoms with E-state index in [-0.39, 0.29) is 5.92 Å².